The minimum atomic E-state index is -3.45. The van der Waals surface area contributed by atoms with Gasteiger partial charge in [-0.15, -0.1) is 4.36 Å². The van der Waals surface area contributed by atoms with Crippen LogP contribution in [0.3, 0.4) is 0 Å². The van der Waals surface area contributed by atoms with Gasteiger partial charge in [0.15, 0.2) is 0 Å². The Bertz CT molecular complexity index is 2190. The molecule has 3 heterocycles. The molecule has 5 atom stereocenters. The van der Waals surface area contributed by atoms with Crippen molar-refractivity contribution in [1.29, 1.82) is 0 Å². The van der Waals surface area contributed by atoms with Crippen molar-refractivity contribution in [2.45, 2.75) is 69.4 Å². The molecule has 1 saturated carbocycles. The Kier molecular flexibility index (Phi) is 10.1. The van der Waals surface area contributed by atoms with Gasteiger partial charge in [-0.2, -0.15) is 5.10 Å². The van der Waals surface area contributed by atoms with Crippen LogP contribution in [-0.4, -0.2) is 64.5 Å². The standard InChI is InChI=1S/C41H46ClN5O5S/c1-51-37-11-3-2-6-21-53(50,44-39(48)18-20-47-35-10-5-4-8-30(35)24-43-47)45-40(49)29-13-17-38-36(23-29)46(25-31-12-15-33(31)37)26-41(27-52-38)19-7-9-28-22-32(42)14-16-34(28)41/h3-5,8,10-11,13-14,16-17,22-24,31,33,37H,2,6-7,9,12,15,18-21,25-27H2,1H3,(H,44,45,48,49,50)/b11-3+/t31-,33+,37-,41-,53?/m0/s1. The maximum atomic E-state index is 14.4. The lowest BCUT2D eigenvalue weighted by Gasteiger charge is -2.46. The number of anilines is 1. The Hall–Kier alpha value is -4.19. The first-order chi connectivity index (χ1) is 25.7. The summed E-state index contributed by atoms with van der Waals surface area (Å²) in [6.45, 7) is 2.31. The third kappa shape index (κ3) is 7.35. The van der Waals surface area contributed by atoms with Crippen molar-refractivity contribution in [3.63, 3.8) is 0 Å². The van der Waals surface area contributed by atoms with E-state index in [1.165, 1.54) is 11.1 Å². The Balaban J connectivity index is 1.12. The minimum Gasteiger partial charge on any atom is -0.490 e. The zero-order valence-electron chi connectivity index (χ0n) is 30.0. The number of aryl methyl sites for hydroxylation is 2. The van der Waals surface area contributed by atoms with Crippen LogP contribution in [0.15, 0.2) is 83.4 Å². The monoisotopic (exact) mass is 755 g/mol. The quantitative estimate of drug-likeness (QED) is 0.213. The highest BCUT2D eigenvalue weighted by molar-refractivity contribution is 7.92. The number of methoxy groups -OCH3 is 1. The number of nitrogens with zero attached hydrogens (tertiary/aromatic N) is 4. The van der Waals surface area contributed by atoms with Crippen LogP contribution in [0.25, 0.3) is 10.9 Å². The molecule has 0 radical (unpaired) electrons. The van der Waals surface area contributed by atoms with Crippen LogP contribution in [0.2, 0.25) is 5.02 Å². The van der Waals surface area contributed by atoms with Crippen LogP contribution >= 0.6 is 11.6 Å². The minimum absolute atomic E-state index is 0.0343. The SMILES string of the molecule is CO[C@H]1/C=C/CCCS(=O)(NC(=O)CCn2ncc3ccccc32)=NC(=O)c2ccc3c(c2)N(C[C@@H]2CC[C@H]21)C[C@@]1(CCCc2cc(Cl)ccc21)CO3. The van der Waals surface area contributed by atoms with Gasteiger partial charge in [0.05, 0.1) is 42.4 Å². The number of amides is 2. The Morgan fingerprint density at radius 2 is 2.02 bits per heavy atom. The van der Waals surface area contributed by atoms with Crippen molar-refractivity contribution in [3.05, 3.63) is 101 Å². The van der Waals surface area contributed by atoms with Crippen LogP contribution in [-0.2, 0) is 37.8 Å². The molecule has 53 heavy (non-hydrogen) atoms. The van der Waals surface area contributed by atoms with E-state index in [0.717, 1.165) is 66.8 Å². The average Bonchev–Trinajstić information content (AvgIpc) is 3.49. The molecule has 10 nitrogen and oxygen atoms in total. The summed E-state index contributed by atoms with van der Waals surface area (Å²) in [4.78, 5) is 29.7. The second-order valence-corrected chi connectivity index (χ2v) is 17.5. The number of allylic oxidation sites excluding steroid dienone is 1. The number of carbonyl (C=O) groups excluding carboxylic acids is 2. The summed E-state index contributed by atoms with van der Waals surface area (Å²) in [5.74, 6) is 0.408. The fourth-order valence-corrected chi connectivity index (χ4v) is 10.6. The molecule has 2 bridgehead atoms. The van der Waals surface area contributed by atoms with Gasteiger partial charge in [-0.1, -0.05) is 48.0 Å². The molecule has 1 spiro atoms. The summed E-state index contributed by atoms with van der Waals surface area (Å²) in [6, 6.07) is 19.4. The summed E-state index contributed by atoms with van der Waals surface area (Å²) in [5, 5.41) is 6.13. The second-order valence-electron chi connectivity index (χ2n) is 15.0. The van der Waals surface area contributed by atoms with Crippen molar-refractivity contribution in [1.82, 2.24) is 14.5 Å². The number of halogens is 1. The Labute approximate surface area is 316 Å². The number of nitrogens with one attached hydrogen (secondary N) is 1. The number of hydrogen-bond acceptors (Lipinski definition) is 7. The van der Waals surface area contributed by atoms with Crippen molar-refractivity contribution < 1.29 is 23.3 Å². The molecular weight excluding hydrogens is 710 g/mol. The number of carbonyl (C=O) groups is 2. The molecule has 278 valence electrons. The number of fused-ring (bicyclic) bond motifs is 5. The number of rotatable bonds is 5. The smallest absolute Gasteiger partial charge is 0.286 e. The van der Waals surface area contributed by atoms with Gasteiger partial charge in [-0.3, -0.25) is 19.0 Å². The molecule has 2 aliphatic heterocycles. The summed E-state index contributed by atoms with van der Waals surface area (Å²) in [5.41, 5.74) is 4.33. The zero-order valence-corrected chi connectivity index (χ0v) is 31.6. The second kappa shape index (κ2) is 14.9. The van der Waals surface area contributed by atoms with E-state index in [1.807, 2.05) is 42.5 Å². The molecular formula is C41H46ClN5O5S. The molecule has 8 rings (SSSR count). The van der Waals surface area contributed by atoms with E-state index in [-0.39, 0.29) is 23.7 Å². The normalized spacial score (nSPS) is 27.8. The first-order valence-corrected chi connectivity index (χ1v) is 20.8. The topological polar surface area (TPSA) is 115 Å². The maximum Gasteiger partial charge on any atom is 0.286 e. The predicted molar refractivity (Wildman–Crippen MR) is 208 cm³/mol. The highest BCUT2D eigenvalue weighted by atomic mass is 35.5. The van der Waals surface area contributed by atoms with Crippen LogP contribution in [0.1, 0.15) is 66.4 Å². The van der Waals surface area contributed by atoms with E-state index in [4.69, 9.17) is 21.1 Å². The van der Waals surface area contributed by atoms with Gasteiger partial charge in [-0.05, 0) is 104 Å². The van der Waals surface area contributed by atoms with Crippen molar-refractivity contribution in [2.75, 3.05) is 37.5 Å². The van der Waals surface area contributed by atoms with Crippen molar-refractivity contribution >= 4 is 49.9 Å². The lowest BCUT2D eigenvalue weighted by molar-refractivity contribution is -0.119. The Morgan fingerprint density at radius 1 is 1.13 bits per heavy atom. The van der Waals surface area contributed by atoms with Gasteiger partial charge >= 0.3 is 0 Å². The lowest BCUT2D eigenvalue weighted by Crippen LogP contribution is -2.49. The summed E-state index contributed by atoms with van der Waals surface area (Å²) < 4.78 is 35.8. The third-order valence-corrected chi connectivity index (χ3v) is 13.7. The highest BCUT2D eigenvalue weighted by Crippen LogP contribution is 2.47. The van der Waals surface area contributed by atoms with E-state index < -0.39 is 21.7 Å². The summed E-state index contributed by atoms with van der Waals surface area (Å²) in [7, 11) is -1.69. The Morgan fingerprint density at radius 3 is 2.87 bits per heavy atom. The third-order valence-electron chi connectivity index (χ3n) is 11.6. The highest BCUT2D eigenvalue weighted by Gasteiger charge is 2.44. The van der Waals surface area contributed by atoms with E-state index in [1.54, 1.807) is 24.1 Å². The zero-order chi connectivity index (χ0) is 36.6. The molecule has 12 heteroatoms. The number of hydrogen-bond donors (Lipinski definition) is 1. The van der Waals surface area contributed by atoms with Crippen LogP contribution in [0, 0.1) is 11.8 Å². The van der Waals surface area contributed by atoms with E-state index in [2.05, 4.69) is 43.4 Å². The lowest BCUT2D eigenvalue weighted by atomic mass is 9.68. The number of ether oxygens (including phenoxy) is 2. The largest absolute Gasteiger partial charge is 0.490 e. The first-order valence-electron chi connectivity index (χ1n) is 18.7. The van der Waals surface area contributed by atoms with E-state index in [0.29, 0.717) is 49.1 Å². The molecule has 4 aliphatic rings. The molecule has 0 saturated heterocycles. The van der Waals surface area contributed by atoms with Gasteiger partial charge in [0.1, 0.15) is 15.7 Å². The first kappa shape index (κ1) is 35.8. The van der Waals surface area contributed by atoms with Gasteiger partial charge in [0, 0.05) is 48.0 Å². The molecule has 2 amide bonds. The van der Waals surface area contributed by atoms with Crippen LogP contribution in [0.5, 0.6) is 5.75 Å². The summed E-state index contributed by atoms with van der Waals surface area (Å²) in [6.07, 6.45) is 12.2. The molecule has 4 aromatic rings. The van der Waals surface area contributed by atoms with Gasteiger partial charge in [-0.25, -0.2) is 4.21 Å². The van der Waals surface area contributed by atoms with Crippen molar-refractivity contribution in [3.8, 4) is 5.75 Å². The van der Waals surface area contributed by atoms with E-state index >= 15 is 0 Å². The number of aromatic nitrogens is 2. The van der Waals surface area contributed by atoms with Crippen LogP contribution < -0.4 is 14.4 Å². The fourth-order valence-electron chi connectivity index (χ4n) is 8.75. The van der Waals surface area contributed by atoms with Gasteiger partial charge in [0.25, 0.3) is 5.91 Å². The number of para-hydroxylation sites is 1. The summed E-state index contributed by atoms with van der Waals surface area (Å²) >= 11 is 6.46. The molecule has 1 N–H and O–H groups in total. The molecule has 1 fully saturated rings. The molecule has 3 aromatic carbocycles. The molecule has 1 aromatic heterocycles. The van der Waals surface area contributed by atoms with Gasteiger partial charge in [0.2, 0.25) is 5.91 Å². The van der Waals surface area contributed by atoms with Crippen molar-refractivity contribution in [2.24, 2.45) is 16.2 Å². The molecule has 1 unspecified atom stereocenters. The maximum absolute atomic E-state index is 14.4. The fraction of sp³-hybridized carbons (Fsp3) is 0.439. The average molecular weight is 756 g/mol. The number of benzene rings is 3. The molecule has 2 aliphatic carbocycles. The predicted octanol–water partition coefficient (Wildman–Crippen LogP) is 7.28. The van der Waals surface area contributed by atoms with Crippen LogP contribution in [0.4, 0.5) is 5.69 Å². The van der Waals surface area contributed by atoms with Gasteiger partial charge < -0.3 is 14.4 Å². The van der Waals surface area contributed by atoms with E-state index in [9.17, 15) is 13.8 Å².